The van der Waals surface area contributed by atoms with E-state index in [2.05, 4.69) is 0 Å². The molecule has 0 N–H and O–H groups in total. The molecule has 0 spiro atoms. The topological polar surface area (TPSA) is 52.6 Å². The van der Waals surface area contributed by atoms with Crippen LogP contribution in [0.25, 0.3) is 0 Å². The SMILES string of the molecule is CCOC(=O)CC(C(=O)OCC)P(c1ccccc1)c1ccccc1. The highest BCUT2D eigenvalue weighted by Crippen LogP contribution is 2.42. The third kappa shape index (κ3) is 5.40. The third-order valence-electron chi connectivity index (χ3n) is 3.60. The molecular formula is C20H23O4P. The Morgan fingerprint density at radius 3 is 1.76 bits per heavy atom. The van der Waals surface area contributed by atoms with Gasteiger partial charge in [0.05, 0.1) is 25.3 Å². The van der Waals surface area contributed by atoms with E-state index in [4.69, 9.17) is 9.47 Å². The Bertz CT molecular complexity index is 633. The summed E-state index contributed by atoms with van der Waals surface area (Å²) >= 11 is 0. The van der Waals surface area contributed by atoms with Crippen LogP contribution in [0.15, 0.2) is 60.7 Å². The molecule has 25 heavy (non-hydrogen) atoms. The highest BCUT2D eigenvalue weighted by atomic mass is 31.1. The van der Waals surface area contributed by atoms with Crippen molar-refractivity contribution in [3.63, 3.8) is 0 Å². The van der Waals surface area contributed by atoms with E-state index in [-0.39, 0.29) is 25.0 Å². The van der Waals surface area contributed by atoms with Crippen molar-refractivity contribution < 1.29 is 19.1 Å². The Morgan fingerprint density at radius 1 is 0.840 bits per heavy atom. The van der Waals surface area contributed by atoms with Crippen LogP contribution < -0.4 is 10.6 Å². The van der Waals surface area contributed by atoms with Gasteiger partial charge in [-0.15, -0.1) is 0 Å². The first-order chi connectivity index (χ1) is 12.2. The van der Waals surface area contributed by atoms with Gasteiger partial charge in [0, 0.05) is 0 Å². The second kappa shape index (κ2) is 9.95. The summed E-state index contributed by atoms with van der Waals surface area (Å²) in [6.07, 6.45) is 0.0160. The molecule has 0 aliphatic rings. The van der Waals surface area contributed by atoms with Crippen LogP contribution in [0.5, 0.6) is 0 Å². The van der Waals surface area contributed by atoms with Gasteiger partial charge in [-0.3, -0.25) is 9.59 Å². The second-order valence-corrected chi connectivity index (χ2v) is 7.71. The zero-order valence-corrected chi connectivity index (χ0v) is 15.4. The maximum absolute atomic E-state index is 12.7. The number of carbonyl (C=O) groups excluding carboxylic acids is 2. The van der Waals surface area contributed by atoms with Gasteiger partial charge in [0.15, 0.2) is 0 Å². The molecule has 0 aromatic heterocycles. The summed E-state index contributed by atoms with van der Waals surface area (Å²) in [6, 6.07) is 19.6. The lowest BCUT2D eigenvalue weighted by Gasteiger charge is -2.26. The Labute approximate surface area is 149 Å². The van der Waals surface area contributed by atoms with Gasteiger partial charge in [-0.25, -0.2) is 0 Å². The predicted molar refractivity (Wildman–Crippen MR) is 101 cm³/mol. The molecule has 0 heterocycles. The van der Waals surface area contributed by atoms with E-state index in [1.165, 1.54) is 0 Å². The van der Waals surface area contributed by atoms with Crippen LogP contribution in [0, 0.1) is 0 Å². The van der Waals surface area contributed by atoms with Crippen molar-refractivity contribution >= 4 is 30.5 Å². The van der Waals surface area contributed by atoms with Gasteiger partial charge in [-0.05, 0) is 32.4 Å². The van der Waals surface area contributed by atoms with Crippen LogP contribution in [0.2, 0.25) is 0 Å². The molecule has 2 aromatic rings. The van der Waals surface area contributed by atoms with Crippen LogP contribution in [-0.2, 0) is 19.1 Å². The molecule has 0 bridgehead atoms. The van der Waals surface area contributed by atoms with Crippen LogP contribution in [0.1, 0.15) is 20.3 Å². The average Bonchev–Trinajstić information content (AvgIpc) is 2.63. The Hall–Kier alpha value is -2.19. The molecule has 0 fully saturated rings. The molecule has 0 aliphatic carbocycles. The lowest BCUT2D eigenvalue weighted by atomic mass is 10.3. The zero-order valence-electron chi connectivity index (χ0n) is 14.6. The van der Waals surface area contributed by atoms with Crippen LogP contribution >= 0.6 is 7.92 Å². The van der Waals surface area contributed by atoms with Gasteiger partial charge >= 0.3 is 11.9 Å². The standard InChI is InChI=1S/C20H23O4P/c1-3-23-19(21)15-18(20(22)24-4-2)25(16-11-7-5-8-12-16)17-13-9-6-10-14-17/h5-14,18H,3-4,15H2,1-2H3. The van der Waals surface area contributed by atoms with Gasteiger partial charge in [0.1, 0.15) is 0 Å². The molecule has 1 atom stereocenters. The number of benzene rings is 2. The number of carbonyl (C=O) groups is 2. The van der Waals surface area contributed by atoms with Crippen molar-refractivity contribution in [3.05, 3.63) is 60.7 Å². The van der Waals surface area contributed by atoms with Crippen molar-refractivity contribution in [3.8, 4) is 0 Å². The van der Waals surface area contributed by atoms with Crippen molar-refractivity contribution in [2.24, 2.45) is 0 Å². The minimum atomic E-state index is -1.08. The van der Waals surface area contributed by atoms with Crippen molar-refractivity contribution in [1.82, 2.24) is 0 Å². The first-order valence-corrected chi connectivity index (χ1v) is 9.80. The molecule has 1 unspecified atom stereocenters. The Balaban J connectivity index is 2.44. The normalized spacial score (nSPS) is 11.8. The van der Waals surface area contributed by atoms with Gasteiger partial charge in [-0.2, -0.15) is 0 Å². The van der Waals surface area contributed by atoms with Crippen LogP contribution in [-0.4, -0.2) is 30.8 Å². The summed E-state index contributed by atoms with van der Waals surface area (Å²) in [5.74, 6) is -0.728. The Kier molecular flexibility index (Phi) is 7.62. The Morgan fingerprint density at radius 2 is 1.32 bits per heavy atom. The maximum Gasteiger partial charge on any atom is 0.314 e. The highest BCUT2D eigenvalue weighted by Gasteiger charge is 2.34. The molecule has 132 valence electrons. The van der Waals surface area contributed by atoms with Gasteiger partial charge in [-0.1, -0.05) is 60.7 Å². The summed E-state index contributed by atoms with van der Waals surface area (Å²) in [4.78, 5) is 24.8. The number of esters is 2. The molecule has 2 rings (SSSR count). The minimum Gasteiger partial charge on any atom is -0.466 e. The summed E-state index contributed by atoms with van der Waals surface area (Å²) in [6.45, 7) is 4.11. The molecule has 0 amide bonds. The monoisotopic (exact) mass is 358 g/mol. The lowest BCUT2D eigenvalue weighted by Crippen LogP contribution is -2.32. The van der Waals surface area contributed by atoms with E-state index in [1.54, 1.807) is 13.8 Å². The molecule has 2 aromatic carbocycles. The van der Waals surface area contributed by atoms with Crippen molar-refractivity contribution in [1.29, 1.82) is 0 Å². The molecule has 0 radical (unpaired) electrons. The first-order valence-electron chi connectivity index (χ1n) is 8.39. The van der Waals surface area contributed by atoms with E-state index in [9.17, 15) is 9.59 Å². The number of hydrogen-bond donors (Lipinski definition) is 0. The lowest BCUT2D eigenvalue weighted by molar-refractivity contribution is -0.149. The molecule has 4 nitrogen and oxygen atoms in total. The van der Waals surface area contributed by atoms with Crippen molar-refractivity contribution in [2.75, 3.05) is 13.2 Å². The average molecular weight is 358 g/mol. The third-order valence-corrected chi connectivity index (χ3v) is 6.33. The molecule has 0 saturated heterocycles. The van der Waals surface area contributed by atoms with Crippen LogP contribution in [0.4, 0.5) is 0 Å². The van der Waals surface area contributed by atoms with Gasteiger partial charge < -0.3 is 9.47 Å². The van der Waals surface area contributed by atoms with Gasteiger partial charge in [0.25, 0.3) is 0 Å². The molecule has 0 saturated carbocycles. The smallest absolute Gasteiger partial charge is 0.314 e. The first kappa shape index (κ1) is 19.1. The maximum atomic E-state index is 12.7. The van der Waals surface area contributed by atoms with Gasteiger partial charge in [0.2, 0.25) is 0 Å². The number of ether oxygens (including phenoxy) is 2. The fourth-order valence-electron chi connectivity index (χ4n) is 2.58. The second-order valence-electron chi connectivity index (χ2n) is 5.32. The number of rotatable bonds is 8. The zero-order chi connectivity index (χ0) is 18.1. The molecule has 5 heteroatoms. The van der Waals surface area contributed by atoms with E-state index in [0.717, 1.165) is 10.6 Å². The summed E-state index contributed by atoms with van der Waals surface area (Å²) in [7, 11) is -1.08. The van der Waals surface area contributed by atoms with E-state index < -0.39 is 13.6 Å². The molecular weight excluding hydrogens is 335 g/mol. The summed E-state index contributed by atoms with van der Waals surface area (Å²) in [5, 5.41) is 2.07. The predicted octanol–water partition coefficient (Wildman–Crippen LogP) is 3.00. The minimum absolute atomic E-state index is 0.0160. The van der Waals surface area contributed by atoms with Crippen LogP contribution in [0.3, 0.4) is 0 Å². The number of hydrogen-bond acceptors (Lipinski definition) is 4. The summed E-state index contributed by atoms with van der Waals surface area (Å²) in [5.41, 5.74) is -0.571. The highest BCUT2D eigenvalue weighted by molar-refractivity contribution is 7.74. The largest absolute Gasteiger partial charge is 0.466 e. The van der Waals surface area contributed by atoms with E-state index >= 15 is 0 Å². The quantitative estimate of drug-likeness (QED) is 0.538. The van der Waals surface area contributed by atoms with Crippen molar-refractivity contribution in [2.45, 2.75) is 25.9 Å². The fourth-order valence-corrected chi connectivity index (χ4v) is 5.20. The summed E-state index contributed by atoms with van der Waals surface area (Å²) < 4.78 is 10.4. The molecule has 0 aliphatic heterocycles. The van der Waals surface area contributed by atoms with E-state index in [0.29, 0.717) is 6.61 Å². The fraction of sp³-hybridized carbons (Fsp3) is 0.300. The van der Waals surface area contributed by atoms with E-state index in [1.807, 2.05) is 60.7 Å².